The fraction of sp³-hybridized carbons (Fsp3) is 0.200. The molecule has 0 spiro atoms. The average Bonchev–Trinajstić information content (AvgIpc) is 3.08. The summed E-state index contributed by atoms with van der Waals surface area (Å²) in [6.07, 6.45) is 1.70. The standard InChI is InChI=1S/C15H14N4O3/c1-3-19-8-7-11(17-19)13(20)16-10-6-4-5-9-12(10)15(22)18(2)14(9)21/h4-8H,3H2,1-2H3,(H,16,20). The number of nitrogens with one attached hydrogen (secondary N) is 1. The highest BCUT2D eigenvalue weighted by Crippen LogP contribution is 2.28. The van der Waals surface area contributed by atoms with Gasteiger partial charge in [0.2, 0.25) is 0 Å². The molecule has 3 amide bonds. The van der Waals surface area contributed by atoms with E-state index < -0.39 is 11.8 Å². The van der Waals surface area contributed by atoms with Crippen LogP contribution in [0.15, 0.2) is 30.5 Å². The molecule has 3 rings (SSSR count). The van der Waals surface area contributed by atoms with Gasteiger partial charge < -0.3 is 5.32 Å². The molecule has 1 aliphatic heterocycles. The van der Waals surface area contributed by atoms with Crippen molar-refractivity contribution in [2.24, 2.45) is 0 Å². The molecular weight excluding hydrogens is 284 g/mol. The number of fused-ring (bicyclic) bond motifs is 1. The molecule has 1 N–H and O–H groups in total. The second-order valence-electron chi connectivity index (χ2n) is 4.91. The number of carbonyl (C=O) groups excluding carboxylic acids is 3. The maximum atomic E-state index is 12.2. The number of imide groups is 1. The molecule has 0 bridgehead atoms. The van der Waals surface area contributed by atoms with Crippen LogP contribution in [0.3, 0.4) is 0 Å². The van der Waals surface area contributed by atoms with Crippen LogP contribution in [0.2, 0.25) is 0 Å². The van der Waals surface area contributed by atoms with Gasteiger partial charge in [-0.2, -0.15) is 5.10 Å². The lowest BCUT2D eigenvalue weighted by atomic mass is 10.1. The molecule has 0 fully saturated rings. The highest BCUT2D eigenvalue weighted by Gasteiger charge is 2.35. The normalized spacial score (nSPS) is 13.5. The first kappa shape index (κ1) is 14.0. The predicted molar refractivity (Wildman–Crippen MR) is 78.7 cm³/mol. The minimum Gasteiger partial charge on any atom is -0.320 e. The van der Waals surface area contributed by atoms with Crippen molar-refractivity contribution in [1.82, 2.24) is 14.7 Å². The molecule has 0 atom stereocenters. The van der Waals surface area contributed by atoms with Crippen LogP contribution in [0, 0.1) is 0 Å². The number of nitrogens with zero attached hydrogens (tertiary/aromatic N) is 3. The van der Waals surface area contributed by atoms with E-state index in [1.165, 1.54) is 7.05 Å². The minimum absolute atomic E-state index is 0.221. The van der Waals surface area contributed by atoms with E-state index in [2.05, 4.69) is 10.4 Å². The molecule has 0 unspecified atom stereocenters. The second kappa shape index (κ2) is 5.10. The molecule has 2 heterocycles. The topological polar surface area (TPSA) is 84.3 Å². The Morgan fingerprint density at radius 1 is 1.23 bits per heavy atom. The molecule has 7 heteroatoms. The average molecular weight is 298 g/mol. The first-order valence-corrected chi connectivity index (χ1v) is 6.83. The lowest BCUT2D eigenvalue weighted by Gasteiger charge is -2.07. The maximum Gasteiger partial charge on any atom is 0.276 e. The van der Waals surface area contributed by atoms with Crippen molar-refractivity contribution in [2.75, 3.05) is 12.4 Å². The summed E-state index contributed by atoms with van der Waals surface area (Å²) < 4.78 is 1.63. The Bertz CT molecular complexity index is 794. The number of aromatic nitrogens is 2. The SMILES string of the molecule is CCn1ccc(C(=O)Nc2cccc3c2C(=O)N(C)C3=O)n1. The summed E-state index contributed by atoms with van der Waals surface area (Å²) >= 11 is 0. The van der Waals surface area contributed by atoms with Crippen LogP contribution >= 0.6 is 0 Å². The van der Waals surface area contributed by atoms with E-state index in [9.17, 15) is 14.4 Å². The third-order valence-corrected chi connectivity index (χ3v) is 3.56. The van der Waals surface area contributed by atoms with Crippen LogP contribution in [0.4, 0.5) is 5.69 Å². The Kier molecular flexibility index (Phi) is 3.25. The van der Waals surface area contributed by atoms with E-state index in [4.69, 9.17) is 0 Å². The van der Waals surface area contributed by atoms with Gasteiger partial charge in [0.15, 0.2) is 5.69 Å². The minimum atomic E-state index is -0.421. The Morgan fingerprint density at radius 2 is 2.00 bits per heavy atom. The molecule has 22 heavy (non-hydrogen) atoms. The summed E-state index contributed by atoms with van der Waals surface area (Å²) in [5, 5.41) is 6.76. The smallest absolute Gasteiger partial charge is 0.276 e. The van der Waals surface area contributed by atoms with E-state index in [0.29, 0.717) is 17.8 Å². The maximum absolute atomic E-state index is 12.2. The number of benzene rings is 1. The van der Waals surface area contributed by atoms with Gasteiger partial charge in [0.1, 0.15) is 0 Å². The van der Waals surface area contributed by atoms with Crippen LogP contribution in [-0.2, 0) is 6.54 Å². The number of rotatable bonds is 3. The molecule has 0 saturated heterocycles. The van der Waals surface area contributed by atoms with E-state index in [-0.39, 0.29) is 17.2 Å². The summed E-state index contributed by atoms with van der Waals surface area (Å²) in [5.74, 6) is -1.21. The third-order valence-electron chi connectivity index (χ3n) is 3.56. The van der Waals surface area contributed by atoms with Gasteiger partial charge in [-0.1, -0.05) is 6.07 Å². The monoisotopic (exact) mass is 298 g/mol. The fourth-order valence-corrected chi connectivity index (χ4v) is 2.35. The Hall–Kier alpha value is -2.96. The summed E-state index contributed by atoms with van der Waals surface area (Å²) in [6.45, 7) is 2.57. The second-order valence-corrected chi connectivity index (χ2v) is 4.91. The molecule has 1 aromatic carbocycles. The highest BCUT2D eigenvalue weighted by atomic mass is 16.2. The number of amides is 3. The van der Waals surface area contributed by atoms with Crippen molar-refractivity contribution in [3.63, 3.8) is 0 Å². The molecular formula is C15H14N4O3. The Labute approximate surface area is 126 Å². The zero-order valence-electron chi connectivity index (χ0n) is 12.2. The predicted octanol–water partition coefficient (Wildman–Crippen LogP) is 1.38. The molecule has 0 saturated carbocycles. The van der Waals surface area contributed by atoms with Gasteiger partial charge in [0.25, 0.3) is 17.7 Å². The van der Waals surface area contributed by atoms with Crippen molar-refractivity contribution < 1.29 is 14.4 Å². The van der Waals surface area contributed by atoms with Gasteiger partial charge in [-0.25, -0.2) is 0 Å². The Balaban J connectivity index is 1.93. The number of hydrogen-bond acceptors (Lipinski definition) is 4. The van der Waals surface area contributed by atoms with Crippen LogP contribution in [0.25, 0.3) is 0 Å². The number of aryl methyl sites for hydroxylation is 1. The zero-order chi connectivity index (χ0) is 15.9. The van der Waals surface area contributed by atoms with Crippen molar-refractivity contribution >= 4 is 23.4 Å². The van der Waals surface area contributed by atoms with E-state index in [0.717, 1.165) is 4.90 Å². The number of anilines is 1. The molecule has 0 aliphatic carbocycles. The molecule has 0 radical (unpaired) electrons. The summed E-state index contributed by atoms with van der Waals surface area (Å²) in [5.41, 5.74) is 1.09. The van der Waals surface area contributed by atoms with Gasteiger partial charge in [0.05, 0.1) is 16.8 Å². The van der Waals surface area contributed by atoms with E-state index >= 15 is 0 Å². The first-order valence-electron chi connectivity index (χ1n) is 6.83. The van der Waals surface area contributed by atoms with Crippen molar-refractivity contribution in [3.05, 3.63) is 47.3 Å². The Morgan fingerprint density at radius 3 is 2.68 bits per heavy atom. The van der Waals surface area contributed by atoms with Crippen LogP contribution in [0.5, 0.6) is 0 Å². The summed E-state index contributed by atoms with van der Waals surface area (Å²) in [7, 11) is 1.42. The zero-order valence-corrected chi connectivity index (χ0v) is 12.2. The van der Waals surface area contributed by atoms with E-state index in [1.54, 1.807) is 35.1 Å². The number of carbonyl (C=O) groups is 3. The quantitative estimate of drug-likeness (QED) is 0.868. The molecule has 1 aliphatic rings. The molecule has 1 aromatic heterocycles. The third kappa shape index (κ3) is 2.07. The van der Waals surface area contributed by atoms with E-state index in [1.807, 2.05) is 6.92 Å². The molecule has 7 nitrogen and oxygen atoms in total. The van der Waals surface area contributed by atoms with Crippen molar-refractivity contribution in [3.8, 4) is 0 Å². The van der Waals surface area contributed by atoms with Crippen LogP contribution < -0.4 is 5.32 Å². The summed E-state index contributed by atoms with van der Waals surface area (Å²) in [6, 6.07) is 6.39. The van der Waals surface area contributed by atoms with Crippen molar-refractivity contribution in [2.45, 2.75) is 13.5 Å². The van der Waals surface area contributed by atoms with Crippen molar-refractivity contribution in [1.29, 1.82) is 0 Å². The first-order chi connectivity index (χ1) is 10.5. The summed E-state index contributed by atoms with van der Waals surface area (Å²) in [4.78, 5) is 37.3. The largest absolute Gasteiger partial charge is 0.320 e. The highest BCUT2D eigenvalue weighted by molar-refractivity contribution is 6.24. The lowest BCUT2D eigenvalue weighted by Crippen LogP contribution is -2.24. The van der Waals surface area contributed by atoms with Gasteiger partial charge in [-0.15, -0.1) is 0 Å². The van der Waals surface area contributed by atoms with Gasteiger partial charge in [0, 0.05) is 19.8 Å². The molecule has 2 aromatic rings. The van der Waals surface area contributed by atoms with Crippen LogP contribution in [-0.4, -0.2) is 39.4 Å². The molecule has 112 valence electrons. The fourth-order valence-electron chi connectivity index (χ4n) is 2.35. The van der Waals surface area contributed by atoms with Crippen LogP contribution in [0.1, 0.15) is 38.1 Å². The van der Waals surface area contributed by atoms with Gasteiger partial charge >= 0.3 is 0 Å². The number of hydrogen-bond donors (Lipinski definition) is 1. The lowest BCUT2D eigenvalue weighted by molar-refractivity contribution is 0.0693. The van der Waals surface area contributed by atoms with Gasteiger partial charge in [-0.3, -0.25) is 24.0 Å². The van der Waals surface area contributed by atoms with Gasteiger partial charge in [-0.05, 0) is 25.1 Å².